The molecule has 124 valence electrons. The number of nitrogens with zero attached hydrogens (tertiary/aromatic N) is 1. The first-order valence-electron chi connectivity index (χ1n) is 6.72. The van der Waals surface area contributed by atoms with Crippen LogP contribution >= 0.6 is 11.6 Å². The number of benzene rings is 1. The Morgan fingerprint density at radius 3 is 2.64 bits per heavy atom. The van der Waals surface area contributed by atoms with Crippen LogP contribution in [0.3, 0.4) is 0 Å². The highest BCUT2D eigenvalue weighted by molar-refractivity contribution is 7.89. The number of rotatable bonds is 5. The molecule has 0 aliphatic carbocycles. The number of nitrogens with two attached hydrogens (primary N) is 1. The van der Waals surface area contributed by atoms with Crippen molar-refractivity contribution in [1.82, 2.24) is 4.31 Å². The summed E-state index contributed by atoms with van der Waals surface area (Å²) in [4.78, 5) is -0.0514. The fourth-order valence-corrected chi connectivity index (χ4v) is 4.21. The third-order valence-corrected chi connectivity index (χ3v) is 5.84. The lowest BCUT2D eigenvalue weighted by atomic mass is 10.0. The molecule has 1 heterocycles. The predicted molar refractivity (Wildman–Crippen MR) is 78.6 cm³/mol. The van der Waals surface area contributed by atoms with E-state index in [-0.39, 0.29) is 27.6 Å². The molecule has 0 spiro atoms. The number of ether oxygens (including phenoxy) is 1. The van der Waals surface area contributed by atoms with Crippen LogP contribution in [0, 0.1) is 5.92 Å². The number of hydrogen-bond acceptors (Lipinski definition) is 4. The first-order chi connectivity index (χ1) is 10.2. The maximum atomic E-state index is 12.5. The minimum Gasteiger partial charge on any atom is -0.433 e. The summed E-state index contributed by atoms with van der Waals surface area (Å²) in [5.74, 6) is -0.155. The summed E-state index contributed by atoms with van der Waals surface area (Å²) in [6.45, 7) is -0.465. The molecule has 2 rings (SSSR count). The lowest BCUT2D eigenvalue weighted by molar-refractivity contribution is -0.0498. The standard InChI is InChI=1S/C13H17ClF2N2O3S/c1-8(17)9-4-5-18(7-9)22(19,20)10-2-3-12(11(14)6-10)21-13(15)16/h2-3,6,8-9,13H,4-5,7,17H2,1H3. The van der Waals surface area contributed by atoms with E-state index in [1.165, 1.54) is 10.4 Å². The van der Waals surface area contributed by atoms with E-state index in [0.29, 0.717) is 19.5 Å². The molecular formula is C13H17ClF2N2O3S. The van der Waals surface area contributed by atoms with Crippen LogP contribution in [0.5, 0.6) is 5.75 Å². The molecule has 1 aromatic rings. The minimum absolute atomic E-state index is 0.0514. The summed E-state index contributed by atoms with van der Waals surface area (Å²) in [5.41, 5.74) is 5.80. The van der Waals surface area contributed by atoms with E-state index >= 15 is 0 Å². The minimum atomic E-state index is -3.72. The Bertz CT molecular complexity index is 640. The molecule has 1 aromatic carbocycles. The van der Waals surface area contributed by atoms with E-state index in [9.17, 15) is 17.2 Å². The van der Waals surface area contributed by atoms with Gasteiger partial charge in [-0.1, -0.05) is 11.6 Å². The smallest absolute Gasteiger partial charge is 0.387 e. The van der Waals surface area contributed by atoms with E-state index in [2.05, 4.69) is 4.74 Å². The van der Waals surface area contributed by atoms with Gasteiger partial charge >= 0.3 is 6.61 Å². The summed E-state index contributed by atoms with van der Waals surface area (Å²) in [6.07, 6.45) is 0.692. The van der Waals surface area contributed by atoms with Crippen LogP contribution in [0.2, 0.25) is 5.02 Å². The molecule has 22 heavy (non-hydrogen) atoms. The molecule has 2 atom stereocenters. The van der Waals surface area contributed by atoms with Crippen LogP contribution in [-0.4, -0.2) is 38.5 Å². The average Bonchev–Trinajstić information content (AvgIpc) is 2.91. The largest absolute Gasteiger partial charge is 0.433 e. The number of halogens is 3. The van der Waals surface area contributed by atoms with Gasteiger partial charge in [0, 0.05) is 19.1 Å². The average molecular weight is 355 g/mol. The SMILES string of the molecule is CC(N)C1CCN(S(=O)(=O)c2ccc(OC(F)F)c(Cl)c2)C1. The van der Waals surface area contributed by atoms with Crippen molar-refractivity contribution in [3.8, 4) is 5.75 Å². The van der Waals surface area contributed by atoms with Crippen molar-refractivity contribution in [3.63, 3.8) is 0 Å². The van der Waals surface area contributed by atoms with Gasteiger partial charge in [-0.2, -0.15) is 13.1 Å². The van der Waals surface area contributed by atoms with Gasteiger partial charge in [-0.3, -0.25) is 0 Å². The van der Waals surface area contributed by atoms with Crippen LogP contribution in [0.1, 0.15) is 13.3 Å². The zero-order valence-corrected chi connectivity index (χ0v) is 13.4. The Morgan fingerprint density at radius 2 is 2.14 bits per heavy atom. The zero-order valence-electron chi connectivity index (χ0n) is 11.9. The molecule has 0 bridgehead atoms. The highest BCUT2D eigenvalue weighted by atomic mass is 35.5. The normalized spacial score (nSPS) is 21.3. The first kappa shape index (κ1) is 17.4. The molecule has 1 saturated heterocycles. The molecule has 0 saturated carbocycles. The fraction of sp³-hybridized carbons (Fsp3) is 0.538. The highest BCUT2D eigenvalue weighted by Crippen LogP contribution is 2.31. The Kier molecular flexibility index (Phi) is 5.26. The van der Waals surface area contributed by atoms with Gasteiger partial charge < -0.3 is 10.5 Å². The quantitative estimate of drug-likeness (QED) is 0.880. The lowest BCUT2D eigenvalue weighted by Gasteiger charge is -2.18. The molecule has 0 amide bonds. The van der Waals surface area contributed by atoms with Gasteiger partial charge in [0.1, 0.15) is 5.75 Å². The Hall–Kier alpha value is -0.960. The molecule has 9 heteroatoms. The molecule has 2 unspecified atom stereocenters. The monoisotopic (exact) mass is 354 g/mol. The van der Waals surface area contributed by atoms with Crippen molar-refractivity contribution in [2.45, 2.75) is 30.9 Å². The van der Waals surface area contributed by atoms with E-state index in [1.54, 1.807) is 0 Å². The molecule has 2 N–H and O–H groups in total. The summed E-state index contributed by atoms with van der Waals surface area (Å²) in [5, 5.41) is -0.177. The topological polar surface area (TPSA) is 72.6 Å². The van der Waals surface area contributed by atoms with Gasteiger partial charge in [0.05, 0.1) is 9.92 Å². The second kappa shape index (κ2) is 6.66. The Balaban J connectivity index is 2.22. The number of alkyl halides is 2. The van der Waals surface area contributed by atoms with Crippen LogP contribution < -0.4 is 10.5 Å². The van der Waals surface area contributed by atoms with Crippen LogP contribution in [-0.2, 0) is 10.0 Å². The van der Waals surface area contributed by atoms with Crippen molar-refractivity contribution >= 4 is 21.6 Å². The lowest BCUT2D eigenvalue weighted by Crippen LogP contribution is -2.33. The second-order valence-electron chi connectivity index (χ2n) is 5.24. The summed E-state index contributed by atoms with van der Waals surface area (Å²) in [7, 11) is -3.72. The summed E-state index contributed by atoms with van der Waals surface area (Å²) < 4.78 is 54.9. The summed E-state index contributed by atoms with van der Waals surface area (Å²) in [6, 6.07) is 3.36. The van der Waals surface area contributed by atoms with Gasteiger partial charge in [0.15, 0.2) is 0 Å². The fourth-order valence-electron chi connectivity index (χ4n) is 2.38. The highest BCUT2D eigenvalue weighted by Gasteiger charge is 2.34. The van der Waals surface area contributed by atoms with E-state index < -0.39 is 16.6 Å². The van der Waals surface area contributed by atoms with Crippen LogP contribution in [0.4, 0.5) is 8.78 Å². The number of hydrogen-bond donors (Lipinski definition) is 1. The first-order valence-corrected chi connectivity index (χ1v) is 8.53. The van der Waals surface area contributed by atoms with Crippen LogP contribution in [0.15, 0.2) is 23.1 Å². The van der Waals surface area contributed by atoms with Gasteiger partial charge in [-0.15, -0.1) is 0 Å². The maximum Gasteiger partial charge on any atom is 0.387 e. The van der Waals surface area contributed by atoms with Crippen molar-refractivity contribution in [3.05, 3.63) is 23.2 Å². The summed E-state index contributed by atoms with van der Waals surface area (Å²) >= 11 is 5.80. The number of sulfonamides is 1. The molecule has 5 nitrogen and oxygen atoms in total. The molecule has 0 aromatic heterocycles. The van der Waals surface area contributed by atoms with Crippen molar-refractivity contribution in [2.75, 3.05) is 13.1 Å². The third-order valence-electron chi connectivity index (χ3n) is 3.69. The molecule has 1 aliphatic rings. The second-order valence-corrected chi connectivity index (χ2v) is 7.59. The van der Waals surface area contributed by atoms with E-state index in [0.717, 1.165) is 12.1 Å². The van der Waals surface area contributed by atoms with Crippen molar-refractivity contribution < 1.29 is 21.9 Å². The van der Waals surface area contributed by atoms with Gasteiger partial charge in [0.2, 0.25) is 10.0 Å². The Morgan fingerprint density at radius 1 is 1.45 bits per heavy atom. The van der Waals surface area contributed by atoms with E-state index in [1.807, 2.05) is 6.92 Å². The van der Waals surface area contributed by atoms with Crippen LogP contribution in [0.25, 0.3) is 0 Å². The van der Waals surface area contributed by atoms with Gasteiger partial charge in [-0.25, -0.2) is 8.42 Å². The van der Waals surface area contributed by atoms with Crippen molar-refractivity contribution in [2.24, 2.45) is 11.7 Å². The molecule has 0 radical (unpaired) electrons. The molecular weight excluding hydrogens is 338 g/mol. The third kappa shape index (κ3) is 3.68. The predicted octanol–water partition coefficient (Wildman–Crippen LogP) is 2.30. The Labute approximate surface area is 133 Å². The zero-order chi connectivity index (χ0) is 16.5. The van der Waals surface area contributed by atoms with Gasteiger partial charge in [-0.05, 0) is 37.5 Å². The van der Waals surface area contributed by atoms with Crippen molar-refractivity contribution in [1.29, 1.82) is 0 Å². The maximum absolute atomic E-state index is 12.5. The molecule has 1 fully saturated rings. The van der Waals surface area contributed by atoms with E-state index in [4.69, 9.17) is 17.3 Å². The van der Waals surface area contributed by atoms with Gasteiger partial charge in [0.25, 0.3) is 0 Å². The molecule has 1 aliphatic heterocycles.